The first-order chi connectivity index (χ1) is 7.04. The van der Waals surface area contributed by atoms with Crippen LogP contribution in [0.1, 0.15) is 23.7 Å². The number of carbonyl (C=O) groups excluding carboxylic acids is 1. The van der Waals surface area contributed by atoms with Crippen molar-refractivity contribution >= 4 is 11.5 Å². The van der Waals surface area contributed by atoms with Gasteiger partial charge in [-0.05, 0) is 18.2 Å². The van der Waals surface area contributed by atoms with Gasteiger partial charge < -0.3 is 10.5 Å². The van der Waals surface area contributed by atoms with Crippen LogP contribution in [-0.4, -0.2) is 12.4 Å². The number of benzene rings is 1. The molecule has 5 heteroatoms. The Morgan fingerprint density at radius 3 is 2.73 bits per heavy atom. The molecule has 0 bridgehead atoms. The van der Waals surface area contributed by atoms with Crippen LogP contribution in [0, 0.1) is 0 Å². The van der Waals surface area contributed by atoms with E-state index in [-0.39, 0.29) is 29.2 Å². The van der Waals surface area contributed by atoms with Crippen LogP contribution in [-0.2, 0) is 0 Å². The maximum absolute atomic E-state index is 11.9. The molecule has 0 aliphatic heterocycles. The SMILES string of the molecule is CCC(=O)c1cc(OC(F)F)ccc1N. The first-order valence-electron chi connectivity index (χ1n) is 4.42. The lowest BCUT2D eigenvalue weighted by atomic mass is 10.1. The number of nitrogens with two attached hydrogens (primary N) is 1. The number of hydrogen-bond donors (Lipinski definition) is 1. The number of anilines is 1. The van der Waals surface area contributed by atoms with Crippen LogP contribution in [0.3, 0.4) is 0 Å². The van der Waals surface area contributed by atoms with Gasteiger partial charge in [-0.1, -0.05) is 6.92 Å². The highest BCUT2D eigenvalue weighted by Gasteiger charge is 2.11. The van der Waals surface area contributed by atoms with Crippen LogP contribution in [0.5, 0.6) is 5.75 Å². The Bertz CT molecular complexity index is 366. The molecule has 0 saturated heterocycles. The number of ketones is 1. The van der Waals surface area contributed by atoms with Crippen LogP contribution in [0.15, 0.2) is 18.2 Å². The molecule has 15 heavy (non-hydrogen) atoms. The van der Waals surface area contributed by atoms with Gasteiger partial charge in [0.25, 0.3) is 0 Å². The molecule has 1 aromatic carbocycles. The molecule has 1 rings (SSSR count). The van der Waals surface area contributed by atoms with Crippen molar-refractivity contribution in [1.29, 1.82) is 0 Å². The summed E-state index contributed by atoms with van der Waals surface area (Å²) in [4.78, 5) is 11.3. The van der Waals surface area contributed by atoms with Crippen LogP contribution in [0.25, 0.3) is 0 Å². The molecular formula is C10H11F2NO2. The molecule has 3 nitrogen and oxygen atoms in total. The fourth-order valence-electron chi connectivity index (χ4n) is 1.14. The molecule has 0 amide bonds. The quantitative estimate of drug-likeness (QED) is 0.620. The second kappa shape index (κ2) is 4.72. The number of carbonyl (C=O) groups is 1. The largest absolute Gasteiger partial charge is 0.435 e. The van der Waals surface area contributed by atoms with E-state index in [1.165, 1.54) is 18.2 Å². The fourth-order valence-corrected chi connectivity index (χ4v) is 1.14. The van der Waals surface area contributed by atoms with Crippen molar-refractivity contribution < 1.29 is 18.3 Å². The second-order valence-electron chi connectivity index (χ2n) is 2.90. The summed E-state index contributed by atoms with van der Waals surface area (Å²) in [6.07, 6.45) is 0.266. The molecule has 0 atom stereocenters. The highest BCUT2D eigenvalue weighted by atomic mass is 19.3. The Balaban J connectivity index is 3.00. The minimum Gasteiger partial charge on any atom is -0.435 e. The summed E-state index contributed by atoms with van der Waals surface area (Å²) in [7, 11) is 0. The Hall–Kier alpha value is -1.65. The van der Waals surface area contributed by atoms with E-state index < -0.39 is 6.61 Å². The van der Waals surface area contributed by atoms with Crippen molar-refractivity contribution in [2.45, 2.75) is 20.0 Å². The summed E-state index contributed by atoms with van der Waals surface area (Å²) in [5.41, 5.74) is 6.02. The van der Waals surface area contributed by atoms with Crippen LogP contribution >= 0.6 is 0 Å². The molecule has 0 aliphatic carbocycles. The average Bonchev–Trinajstić information content (AvgIpc) is 2.19. The monoisotopic (exact) mass is 215 g/mol. The lowest BCUT2D eigenvalue weighted by Gasteiger charge is -2.08. The van der Waals surface area contributed by atoms with Crippen molar-refractivity contribution in [2.24, 2.45) is 0 Å². The van der Waals surface area contributed by atoms with E-state index >= 15 is 0 Å². The van der Waals surface area contributed by atoms with E-state index in [0.717, 1.165) is 0 Å². The number of Topliss-reactive ketones (excluding diaryl/α,β-unsaturated/α-hetero) is 1. The van der Waals surface area contributed by atoms with Gasteiger partial charge in [0.2, 0.25) is 0 Å². The van der Waals surface area contributed by atoms with E-state index in [2.05, 4.69) is 4.74 Å². The van der Waals surface area contributed by atoms with E-state index in [9.17, 15) is 13.6 Å². The van der Waals surface area contributed by atoms with Crippen LogP contribution in [0.2, 0.25) is 0 Å². The van der Waals surface area contributed by atoms with Crippen molar-refractivity contribution in [3.63, 3.8) is 0 Å². The van der Waals surface area contributed by atoms with E-state index in [1.54, 1.807) is 6.92 Å². The minimum atomic E-state index is -2.90. The summed E-state index contributed by atoms with van der Waals surface area (Å²) in [5.74, 6) is -0.261. The highest BCUT2D eigenvalue weighted by molar-refractivity contribution is 6.00. The zero-order valence-corrected chi connectivity index (χ0v) is 8.17. The molecule has 0 fully saturated rings. The maximum atomic E-state index is 11.9. The lowest BCUT2D eigenvalue weighted by Crippen LogP contribution is -2.06. The molecule has 0 heterocycles. The number of rotatable bonds is 4. The molecule has 2 N–H and O–H groups in total. The van der Waals surface area contributed by atoms with Crippen molar-refractivity contribution in [1.82, 2.24) is 0 Å². The molecule has 0 aliphatic rings. The predicted molar refractivity (Wildman–Crippen MR) is 52.1 cm³/mol. The van der Waals surface area contributed by atoms with Gasteiger partial charge in [0.1, 0.15) is 5.75 Å². The lowest BCUT2D eigenvalue weighted by molar-refractivity contribution is -0.0498. The van der Waals surface area contributed by atoms with Crippen LogP contribution < -0.4 is 10.5 Å². The number of ether oxygens (including phenoxy) is 1. The van der Waals surface area contributed by atoms with Gasteiger partial charge in [0, 0.05) is 17.7 Å². The first kappa shape index (κ1) is 11.4. The third-order valence-corrected chi connectivity index (χ3v) is 1.87. The molecule has 0 aromatic heterocycles. The maximum Gasteiger partial charge on any atom is 0.387 e. The number of alkyl halides is 2. The van der Waals surface area contributed by atoms with Crippen LogP contribution in [0.4, 0.5) is 14.5 Å². The van der Waals surface area contributed by atoms with Gasteiger partial charge in [0.05, 0.1) is 0 Å². The van der Waals surface area contributed by atoms with E-state index in [4.69, 9.17) is 5.73 Å². The predicted octanol–water partition coefficient (Wildman–Crippen LogP) is 2.46. The van der Waals surface area contributed by atoms with E-state index in [0.29, 0.717) is 0 Å². The molecule has 0 unspecified atom stereocenters. The molecule has 0 saturated carbocycles. The fraction of sp³-hybridized carbons (Fsp3) is 0.300. The zero-order chi connectivity index (χ0) is 11.4. The molecule has 0 spiro atoms. The first-order valence-corrected chi connectivity index (χ1v) is 4.42. The number of nitrogen functional groups attached to an aromatic ring is 1. The standard InChI is InChI=1S/C10H11F2NO2/c1-2-9(14)7-5-6(15-10(11)12)3-4-8(7)13/h3-5,10H,2,13H2,1H3. The third kappa shape index (κ3) is 2.90. The Labute approximate surface area is 85.8 Å². The van der Waals surface area contributed by atoms with Gasteiger partial charge in [-0.2, -0.15) is 8.78 Å². The van der Waals surface area contributed by atoms with Gasteiger partial charge in [0.15, 0.2) is 5.78 Å². The summed E-state index contributed by atoms with van der Waals surface area (Å²) >= 11 is 0. The average molecular weight is 215 g/mol. The zero-order valence-electron chi connectivity index (χ0n) is 8.17. The Morgan fingerprint density at radius 2 is 2.20 bits per heavy atom. The number of hydrogen-bond acceptors (Lipinski definition) is 3. The van der Waals surface area contributed by atoms with E-state index in [1.807, 2.05) is 0 Å². The molecule has 0 radical (unpaired) electrons. The molecular weight excluding hydrogens is 204 g/mol. The summed E-state index contributed by atoms with van der Waals surface area (Å²) in [6, 6.07) is 3.90. The van der Waals surface area contributed by atoms with Gasteiger partial charge in [-0.25, -0.2) is 0 Å². The summed E-state index contributed by atoms with van der Waals surface area (Å²) in [5, 5.41) is 0. The Kier molecular flexibility index (Phi) is 3.60. The second-order valence-corrected chi connectivity index (χ2v) is 2.90. The highest BCUT2D eigenvalue weighted by Crippen LogP contribution is 2.22. The van der Waals surface area contributed by atoms with Crippen molar-refractivity contribution in [2.75, 3.05) is 5.73 Å². The minimum absolute atomic E-state index is 0.0593. The smallest absolute Gasteiger partial charge is 0.387 e. The van der Waals surface area contributed by atoms with Gasteiger partial charge in [-0.15, -0.1) is 0 Å². The van der Waals surface area contributed by atoms with Crippen molar-refractivity contribution in [3.05, 3.63) is 23.8 Å². The summed E-state index contributed by atoms with van der Waals surface area (Å²) in [6.45, 7) is -1.24. The van der Waals surface area contributed by atoms with Crippen molar-refractivity contribution in [3.8, 4) is 5.75 Å². The third-order valence-electron chi connectivity index (χ3n) is 1.87. The normalized spacial score (nSPS) is 10.4. The Morgan fingerprint density at radius 1 is 1.53 bits per heavy atom. The van der Waals surface area contributed by atoms with Gasteiger partial charge in [-0.3, -0.25) is 4.79 Å². The molecule has 82 valence electrons. The number of halogens is 2. The summed E-state index contributed by atoms with van der Waals surface area (Å²) < 4.78 is 28.0. The molecule has 1 aromatic rings. The topological polar surface area (TPSA) is 52.3 Å². The van der Waals surface area contributed by atoms with Gasteiger partial charge >= 0.3 is 6.61 Å².